The Balaban J connectivity index is 1.62. The molecule has 0 bridgehead atoms. The van der Waals surface area contributed by atoms with Gasteiger partial charge in [-0.25, -0.2) is 0 Å². The summed E-state index contributed by atoms with van der Waals surface area (Å²) in [6.45, 7) is 0. The monoisotopic (exact) mass is 458 g/mol. The largest absolute Gasteiger partial charge is 0.424 e. The normalized spacial score (nSPS) is 10.4. The number of thiocarbonyl (C=S) groups is 1. The number of hydrogen-bond acceptors (Lipinski definition) is 4. The third-order valence-electron chi connectivity index (χ3n) is 3.14. The topological polar surface area (TPSA) is 59.1 Å². The number of anilines is 2. The highest BCUT2D eigenvalue weighted by Gasteiger charge is 2.06. The maximum absolute atomic E-state index is 6.12. The Hall–Kier alpha value is -1.83. The van der Waals surface area contributed by atoms with Crippen LogP contribution in [0.25, 0.3) is 0 Å². The van der Waals surface area contributed by atoms with Crippen LogP contribution in [0.3, 0.4) is 0 Å². The van der Waals surface area contributed by atoms with Crippen LogP contribution in [0.1, 0.15) is 0 Å². The second-order valence-electron chi connectivity index (χ2n) is 5.13. The Morgan fingerprint density at radius 1 is 0.852 bits per heavy atom. The van der Waals surface area contributed by atoms with Gasteiger partial charge in [0.15, 0.2) is 5.11 Å². The van der Waals surface area contributed by atoms with Crippen LogP contribution < -0.4 is 15.4 Å². The van der Waals surface area contributed by atoms with E-state index in [0.717, 1.165) is 5.69 Å². The van der Waals surface area contributed by atoms with Crippen LogP contribution in [0, 0.1) is 0 Å². The van der Waals surface area contributed by atoms with E-state index < -0.39 is 0 Å². The Morgan fingerprint density at radius 3 is 2.15 bits per heavy atom. The second-order valence-corrected chi connectivity index (χ2v) is 7.15. The third-order valence-corrected chi connectivity index (χ3v) is 4.28. The fraction of sp³-hybridized carbons (Fsp3) is 0. The van der Waals surface area contributed by atoms with Gasteiger partial charge in [-0.05, 0) is 54.7 Å². The summed E-state index contributed by atoms with van der Waals surface area (Å²) in [5.41, 5.74) is 1.39. The predicted octanol–water partition coefficient (Wildman–Crippen LogP) is 6.69. The number of ether oxygens (including phenoxy) is 1. The maximum atomic E-state index is 6.12. The lowest BCUT2D eigenvalue weighted by atomic mass is 10.3. The lowest BCUT2D eigenvalue weighted by molar-refractivity contribution is 0.442. The first-order valence-electron chi connectivity index (χ1n) is 7.40. The van der Waals surface area contributed by atoms with E-state index in [2.05, 4.69) is 20.6 Å². The van der Waals surface area contributed by atoms with Gasteiger partial charge in [0.05, 0.1) is 10.7 Å². The van der Waals surface area contributed by atoms with Crippen molar-refractivity contribution in [3.8, 4) is 11.8 Å². The molecule has 3 rings (SSSR count). The molecule has 138 valence electrons. The molecule has 0 saturated heterocycles. The molecule has 0 aliphatic carbocycles. The Kier molecular flexibility index (Phi) is 6.57. The molecule has 5 nitrogen and oxygen atoms in total. The highest BCUT2D eigenvalue weighted by Crippen LogP contribution is 2.26. The number of rotatable bonds is 4. The fourth-order valence-electron chi connectivity index (χ4n) is 2.00. The van der Waals surface area contributed by atoms with Crippen molar-refractivity contribution in [1.29, 1.82) is 0 Å². The molecule has 10 heteroatoms. The van der Waals surface area contributed by atoms with Crippen molar-refractivity contribution < 1.29 is 4.74 Å². The van der Waals surface area contributed by atoms with Crippen LogP contribution in [-0.2, 0) is 0 Å². The first-order chi connectivity index (χ1) is 12.9. The summed E-state index contributed by atoms with van der Waals surface area (Å²) >= 11 is 28.9. The molecule has 0 spiro atoms. The number of benzene rings is 2. The zero-order valence-electron chi connectivity index (χ0n) is 13.3. The van der Waals surface area contributed by atoms with Gasteiger partial charge in [-0.3, -0.25) is 0 Å². The second kappa shape index (κ2) is 8.91. The van der Waals surface area contributed by atoms with Gasteiger partial charge < -0.3 is 15.4 Å². The number of aromatic nitrogens is 2. The quantitative estimate of drug-likeness (QED) is 0.334. The summed E-state index contributed by atoms with van der Waals surface area (Å²) in [4.78, 5) is 7.88. The summed E-state index contributed by atoms with van der Waals surface area (Å²) in [5.74, 6) is 0.513. The lowest BCUT2D eigenvalue weighted by Gasteiger charge is -2.12. The summed E-state index contributed by atoms with van der Waals surface area (Å²) in [6.07, 6.45) is 0. The smallest absolute Gasteiger partial charge is 0.324 e. The minimum Gasteiger partial charge on any atom is -0.424 e. The average Bonchev–Trinajstić information content (AvgIpc) is 2.58. The molecule has 0 unspecified atom stereocenters. The molecule has 0 radical (unpaired) electrons. The Morgan fingerprint density at radius 2 is 1.52 bits per heavy atom. The molecule has 0 saturated carbocycles. The minimum atomic E-state index is 0.0581. The van der Waals surface area contributed by atoms with Crippen LogP contribution in [0.2, 0.25) is 20.4 Å². The van der Waals surface area contributed by atoms with Crippen molar-refractivity contribution in [2.45, 2.75) is 0 Å². The predicted molar refractivity (Wildman–Crippen MR) is 115 cm³/mol. The highest BCUT2D eigenvalue weighted by atomic mass is 35.5. The van der Waals surface area contributed by atoms with Crippen molar-refractivity contribution in [3.63, 3.8) is 0 Å². The van der Waals surface area contributed by atoms with Crippen molar-refractivity contribution in [2.24, 2.45) is 0 Å². The molecular formula is C17H10Cl4N4OS. The van der Waals surface area contributed by atoms with Gasteiger partial charge in [0.25, 0.3) is 0 Å². The summed E-state index contributed by atoms with van der Waals surface area (Å²) < 4.78 is 5.53. The van der Waals surface area contributed by atoms with Gasteiger partial charge in [0, 0.05) is 16.8 Å². The first kappa shape index (κ1) is 19.9. The molecular weight excluding hydrogens is 450 g/mol. The van der Waals surface area contributed by atoms with Gasteiger partial charge >= 0.3 is 6.01 Å². The van der Waals surface area contributed by atoms with Crippen LogP contribution in [0.4, 0.5) is 11.4 Å². The Bertz CT molecular complexity index is 965. The van der Waals surface area contributed by atoms with E-state index >= 15 is 0 Å². The summed E-state index contributed by atoms with van der Waals surface area (Å²) in [5, 5.41) is 7.82. The SMILES string of the molecule is S=C(Nc1ccc(Oc2nc(Cl)cc(Cl)n2)cc1)Nc1ccc(Cl)cc1Cl. The van der Waals surface area contributed by atoms with Crippen molar-refractivity contribution in [1.82, 2.24) is 9.97 Å². The lowest BCUT2D eigenvalue weighted by Crippen LogP contribution is -2.19. The molecule has 2 N–H and O–H groups in total. The fourth-order valence-corrected chi connectivity index (χ4v) is 3.09. The van der Waals surface area contributed by atoms with Gasteiger partial charge in [-0.15, -0.1) is 0 Å². The van der Waals surface area contributed by atoms with E-state index in [4.69, 9.17) is 63.4 Å². The zero-order chi connectivity index (χ0) is 19.4. The maximum Gasteiger partial charge on any atom is 0.324 e. The molecule has 2 aromatic carbocycles. The van der Waals surface area contributed by atoms with Gasteiger partial charge in [0.2, 0.25) is 0 Å². The van der Waals surface area contributed by atoms with Gasteiger partial charge in [-0.1, -0.05) is 46.4 Å². The van der Waals surface area contributed by atoms with E-state index in [1.807, 2.05) is 0 Å². The molecule has 0 amide bonds. The van der Waals surface area contributed by atoms with Gasteiger partial charge in [0.1, 0.15) is 16.1 Å². The number of nitrogens with one attached hydrogen (secondary N) is 2. The standard InChI is InChI=1S/C17H10Cl4N4OS/c18-9-1-6-13(12(19)7-9)23-17(27)22-10-2-4-11(5-3-10)26-16-24-14(20)8-15(21)25-16/h1-8H,(H2,22,23,27). The molecule has 3 aromatic rings. The van der Waals surface area contributed by atoms with E-state index in [9.17, 15) is 0 Å². The van der Waals surface area contributed by atoms with E-state index in [1.54, 1.807) is 42.5 Å². The molecule has 27 heavy (non-hydrogen) atoms. The van der Waals surface area contributed by atoms with Crippen molar-refractivity contribution in [3.05, 3.63) is 68.9 Å². The third kappa shape index (κ3) is 5.82. The van der Waals surface area contributed by atoms with Crippen LogP contribution >= 0.6 is 58.6 Å². The Labute approximate surface area is 180 Å². The summed E-state index contributed by atoms with van der Waals surface area (Å²) in [6, 6.07) is 13.6. The van der Waals surface area contributed by atoms with Crippen molar-refractivity contribution in [2.75, 3.05) is 10.6 Å². The number of halogens is 4. The van der Waals surface area contributed by atoms with Gasteiger partial charge in [-0.2, -0.15) is 9.97 Å². The first-order valence-corrected chi connectivity index (χ1v) is 9.32. The molecule has 0 fully saturated rings. The van der Waals surface area contributed by atoms with Crippen LogP contribution in [-0.4, -0.2) is 15.1 Å². The molecule has 0 aliphatic rings. The van der Waals surface area contributed by atoms with E-state index in [0.29, 0.717) is 26.6 Å². The molecule has 1 heterocycles. The number of hydrogen-bond donors (Lipinski definition) is 2. The van der Waals surface area contributed by atoms with Crippen LogP contribution in [0.5, 0.6) is 11.8 Å². The highest BCUT2D eigenvalue weighted by molar-refractivity contribution is 7.80. The molecule has 0 atom stereocenters. The molecule has 1 aromatic heterocycles. The van der Waals surface area contributed by atoms with Crippen molar-refractivity contribution >= 4 is 75.1 Å². The molecule has 0 aliphatic heterocycles. The van der Waals surface area contributed by atoms with E-state index in [-0.39, 0.29) is 16.3 Å². The number of nitrogens with zero attached hydrogens (tertiary/aromatic N) is 2. The zero-order valence-corrected chi connectivity index (χ0v) is 17.2. The van der Waals surface area contributed by atoms with E-state index in [1.165, 1.54) is 6.07 Å². The summed E-state index contributed by atoms with van der Waals surface area (Å²) in [7, 11) is 0. The average molecular weight is 460 g/mol. The minimum absolute atomic E-state index is 0.0581. The van der Waals surface area contributed by atoms with Crippen LogP contribution in [0.15, 0.2) is 48.5 Å².